The van der Waals surface area contributed by atoms with E-state index in [9.17, 15) is 18.7 Å². The van der Waals surface area contributed by atoms with Crippen LogP contribution in [0.2, 0.25) is 0 Å². The van der Waals surface area contributed by atoms with E-state index in [-0.39, 0.29) is 5.56 Å². The van der Waals surface area contributed by atoms with Crippen molar-refractivity contribution in [3.05, 3.63) is 64.7 Å². The molecule has 0 spiro atoms. The number of nitrogens with zero attached hydrogens (tertiary/aromatic N) is 2. The third kappa shape index (κ3) is 3.24. The predicted octanol–water partition coefficient (Wildman–Crippen LogP) is 3.18. The number of hydrogen-bond acceptors (Lipinski definition) is 4. The largest absolute Gasteiger partial charge is 0.485 e. The maximum absolute atomic E-state index is 13.5. The second-order valence-corrected chi connectivity index (χ2v) is 7.00. The fourth-order valence-corrected chi connectivity index (χ4v) is 3.22. The Morgan fingerprint density at radius 3 is 2.56 bits per heavy atom. The molecule has 0 aromatic heterocycles. The zero-order valence-electron chi connectivity index (χ0n) is 15.0. The Labute approximate surface area is 155 Å². The number of carbonyl (C=O) groups excluding carboxylic acids is 1. The molecule has 1 aliphatic heterocycles. The molecule has 5 nitrogen and oxygen atoms in total. The van der Waals surface area contributed by atoms with Crippen molar-refractivity contribution in [2.45, 2.75) is 31.6 Å². The van der Waals surface area contributed by atoms with E-state index in [0.29, 0.717) is 16.9 Å². The molecular weight excluding hydrogens is 354 g/mol. The number of aliphatic hydroxyl groups excluding tert-OH is 1. The summed E-state index contributed by atoms with van der Waals surface area (Å²) in [6, 6.07) is 8.80. The first kappa shape index (κ1) is 18.8. The molecule has 0 saturated carbocycles. The van der Waals surface area contributed by atoms with Gasteiger partial charge in [-0.25, -0.2) is 8.78 Å². The van der Waals surface area contributed by atoms with Crippen molar-refractivity contribution in [3.63, 3.8) is 0 Å². The Balaban J connectivity index is 2.06. The molecule has 0 fully saturated rings. The molecule has 7 heteroatoms. The third-order valence-electron chi connectivity index (χ3n) is 4.75. The summed E-state index contributed by atoms with van der Waals surface area (Å²) in [6.07, 6.45) is -1.11. The Morgan fingerprint density at radius 1 is 1.22 bits per heavy atom. The topological polar surface area (TPSA) is 73.6 Å². The molecule has 1 heterocycles. The van der Waals surface area contributed by atoms with E-state index in [1.165, 1.54) is 18.0 Å². The summed E-state index contributed by atoms with van der Waals surface area (Å²) in [6.45, 7) is 3.36. The molecule has 2 atom stereocenters. The first-order valence-electron chi connectivity index (χ1n) is 8.29. The first-order chi connectivity index (χ1) is 12.7. The van der Waals surface area contributed by atoms with Crippen LogP contribution in [0.3, 0.4) is 0 Å². The lowest BCUT2D eigenvalue weighted by Crippen LogP contribution is -2.53. The number of aliphatic hydroxyl groups is 1. The lowest BCUT2D eigenvalue weighted by atomic mass is 9.85. The van der Waals surface area contributed by atoms with Crippen LogP contribution in [0.5, 0.6) is 5.75 Å². The minimum absolute atomic E-state index is 0.0501. The van der Waals surface area contributed by atoms with E-state index in [2.05, 4.69) is 0 Å². The van der Waals surface area contributed by atoms with Gasteiger partial charge in [0.1, 0.15) is 17.5 Å². The molecule has 2 aromatic rings. The van der Waals surface area contributed by atoms with Crippen molar-refractivity contribution in [1.29, 1.82) is 5.26 Å². The van der Waals surface area contributed by atoms with Crippen LogP contribution in [-0.4, -0.2) is 34.7 Å². The number of likely N-dealkylation sites (N-methyl/N-ethyl adjacent to an activating group) is 1. The van der Waals surface area contributed by atoms with Gasteiger partial charge < -0.3 is 14.7 Å². The zero-order chi connectivity index (χ0) is 19.9. The van der Waals surface area contributed by atoms with Crippen LogP contribution >= 0.6 is 0 Å². The van der Waals surface area contributed by atoms with Gasteiger partial charge in [-0.2, -0.15) is 5.26 Å². The highest BCUT2D eigenvalue weighted by atomic mass is 19.2. The van der Waals surface area contributed by atoms with Gasteiger partial charge in [0.15, 0.2) is 11.6 Å². The number of ether oxygens (including phenoxy) is 1. The molecule has 1 N–H and O–H groups in total. The second kappa shape index (κ2) is 6.63. The number of fused-ring (bicyclic) bond motifs is 1. The molecule has 0 bridgehead atoms. The summed E-state index contributed by atoms with van der Waals surface area (Å²) >= 11 is 0. The van der Waals surface area contributed by atoms with E-state index < -0.39 is 35.3 Å². The average Bonchev–Trinajstić information content (AvgIpc) is 2.63. The van der Waals surface area contributed by atoms with Gasteiger partial charge in [-0.3, -0.25) is 4.79 Å². The summed E-state index contributed by atoms with van der Waals surface area (Å²) < 4.78 is 32.5. The van der Waals surface area contributed by atoms with Gasteiger partial charge in [0, 0.05) is 18.2 Å². The number of carbonyl (C=O) groups is 1. The number of halogens is 2. The van der Waals surface area contributed by atoms with Crippen molar-refractivity contribution in [2.75, 3.05) is 7.05 Å². The summed E-state index contributed by atoms with van der Waals surface area (Å²) in [5.41, 5.74) is -0.234. The number of benzene rings is 2. The lowest BCUT2D eigenvalue weighted by Gasteiger charge is -2.45. The minimum atomic E-state index is -1.13. The smallest absolute Gasteiger partial charge is 0.254 e. The molecule has 3 rings (SSSR count). The predicted molar refractivity (Wildman–Crippen MR) is 93.1 cm³/mol. The fourth-order valence-electron chi connectivity index (χ4n) is 3.22. The molecule has 140 valence electrons. The molecule has 2 aromatic carbocycles. The van der Waals surface area contributed by atoms with Gasteiger partial charge in [0.25, 0.3) is 5.91 Å². The standard InChI is InChI=1S/C20H18F2N2O3/c1-20(2)18(25)17(13-8-11(10-23)4-7-16(13)27-20)24(3)19(26)12-5-6-14(21)15(22)9-12/h4-9,17-18,25H,1-3H3. The number of amides is 1. The molecule has 2 unspecified atom stereocenters. The monoisotopic (exact) mass is 372 g/mol. The minimum Gasteiger partial charge on any atom is -0.485 e. The van der Waals surface area contributed by atoms with Crippen molar-refractivity contribution in [2.24, 2.45) is 0 Å². The molecule has 0 aliphatic carbocycles. The van der Waals surface area contributed by atoms with Crippen molar-refractivity contribution in [1.82, 2.24) is 4.90 Å². The van der Waals surface area contributed by atoms with Crippen molar-refractivity contribution < 1.29 is 23.4 Å². The Bertz CT molecular complexity index is 953. The van der Waals surface area contributed by atoms with Gasteiger partial charge in [-0.1, -0.05) is 0 Å². The summed E-state index contributed by atoms with van der Waals surface area (Å²) in [7, 11) is 1.46. The third-order valence-corrected chi connectivity index (χ3v) is 4.75. The highest BCUT2D eigenvalue weighted by Crippen LogP contribution is 2.43. The second-order valence-electron chi connectivity index (χ2n) is 7.00. The van der Waals surface area contributed by atoms with Gasteiger partial charge >= 0.3 is 0 Å². The van der Waals surface area contributed by atoms with Crippen LogP contribution in [0.4, 0.5) is 8.78 Å². The first-order valence-corrected chi connectivity index (χ1v) is 8.29. The highest BCUT2D eigenvalue weighted by Gasteiger charge is 2.46. The highest BCUT2D eigenvalue weighted by molar-refractivity contribution is 5.94. The fraction of sp³-hybridized carbons (Fsp3) is 0.300. The van der Waals surface area contributed by atoms with E-state index in [1.54, 1.807) is 32.0 Å². The Morgan fingerprint density at radius 2 is 1.93 bits per heavy atom. The molecule has 0 saturated heterocycles. The molecule has 27 heavy (non-hydrogen) atoms. The average molecular weight is 372 g/mol. The maximum atomic E-state index is 13.5. The zero-order valence-corrected chi connectivity index (χ0v) is 15.0. The Kier molecular flexibility index (Phi) is 4.62. The molecule has 1 amide bonds. The SMILES string of the molecule is CN(C(=O)c1ccc(F)c(F)c1)C1c2cc(C#N)ccc2OC(C)(C)C1O. The van der Waals surface area contributed by atoms with Gasteiger partial charge in [0.2, 0.25) is 0 Å². The number of rotatable bonds is 2. The van der Waals surface area contributed by atoms with E-state index in [0.717, 1.165) is 12.1 Å². The van der Waals surface area contributed by atoms with Crippen LogP contribution in [-0.2, 0) is 0 Å². The van der Waals surface area contributed by atoms with Crippen LogP contribution in [0.25, 0.3) is 0 Å². The van der Waals surface area contributed by atoms with Crippen LogP contribution in [0, 0.1) is 23.0 Å². The van der Waals surface area contributed by atoms with Crippen molar-refractivity contribution >= 4 is 5.91 Å². The van der Waals surface area contributed by atoms with Gasteiger partial charge in [0.05, 0.1) is 17.7 Å². The Hall–Kier alpha value is -2.98. The molecule has 0 radical (unpaired) electrons. The van der Waals surface area contributed by atoms with E-state index in [1.807, 2.05) is 6.07 Å². The van der Waals surface area contributed by atoms with Crippen LogP contribution in [0.1, 0.15) is 41.4 Å². The number of hydrogen-bond donors (Lipinski definition) is 1. The maximum Gasteiger partial charge on any atom is 0.254 e. The van der Waals surface area contributed by atoms with Gasteiger partial charge in [-0.05, 0) is 50.2 Å². The van der Waals surface area contributed by atoms with Gasteiger partial charge in [-0.15, -0.1) is 0 Å². The van der Waals surface area contributed by atoms with Crippen molar-refractivity contribution in [3.8, 4) is 11.8 Å². The number of nitriles is 1. The molecule has 1 aliphatic rings. The van der Waals surface area contributed by atoms with E-state index >= 15 is 0 Å². The summed E-state index contributed by atoms with van der Waals surface area (Å²) in [4.78, 5) is 14.1. The normalized spacial score (nSPS) is 20.2. The lowest BCUT2D eigenvalue weighted by molar-refractivity contribution is -0.0830. The van der Waals surface area contributed by atoms with Crippen LogP contribution in [0.15, 0.2) is 36.4 Å². The summed E-state index contributed by atoms with van der Waals surface area (Å²) in [5, 5.41) is 20.0. The summed E-state index contributed by atoms with van der Waals surface area (Å²) in [5.74, 6) is -2.33. The van der Waals surface area contributed by atoms with Crippen LogP contribution < -0.4 is 4.74 Å². The molecular formula is C20H18F2N2O3. The quantitative estimate of drug-likeness (QED) is 0.879. The van der Waals surface area contributed by atoms with E-state index in [4.69, 9.17) is 10.00 Å².